The number of rotatable bonds is 2. The standard InChI is InChI=1S/C15H17ClN4/c16-12-3-1-2-11(10-12)14-4-7-18-15(19-14)20-8-5-13(17)6-9-20/h1-4,7,10,13H,5-6,8-9,17H2. The largest absolute Gasteiger partial charge is 0.341 e. The van der Waals surface area contributed by atoms with Crippen LogP contribution in [0.3, 0.4) is 0 Å². The monoisotopic (exact) mass is 288 g/mol. The summed E-state index contributed by atoms with van der Waals surface area (Å²) in [5, 5.41) is 0.714. The van der Waals surface area contributed by atoms with Gasteiger partial charge in [0.15, 0.2) is 0 Å². The number of aromatic nitrogens is 2. The third-order valence-electron chi connectivity index (χ3n) is 3.59. The van der Waals surface area contributed by atoms with Crippen molar-refractivity contribution in [2.24, 2.45) is 5.73 Å². The molecule has 2 N–H and O–H groups in total. The van der Waals surface area contributed by atoms with E-state index in [2.05, 4.69) is 14.9 Å². The third kappa shape index (κ3) is 2.92. The molecular formula is C15H17ClN4. The van der Waals surface area contributed by atoms with Gasteiger partial charge in [-0.3, -0.25) is 0 Å². The Labute approximate surface area is 123 Å². The summed E-state index contributed by atoms with van der Waals surface area (Å²) in [7, 11) is 0. The van der Waals surface area contributed by atoms with E-state index in [1.54, 1.807) is 6.20 Å². The van der Waals surface area contributed by atoms with Crippen molar-refractivity contribution >= 4 is 17.5 Å². The Morgan fingerprint density at radius 1 is 1.20 bits per heavy atom. The first-order chi connectivity index (χ1) is 9.72. The maximum atomic E-state index is 6.03. The predicted octanol–water partition coefficient (Wildman–Crippen LogP) is 2.72. The lowest BCUT2D eigenvalue weighted by Crippen LogP contribution is -2.40. The maximum Gasteiger partial charge on any atom is 0.225 e. The number of benzene rings is 1. The molecule has 0 spiro atoms. The van der Waals surface area contributed by atoms with E-state index in [1.165, 1.54) is 0 Å². The highest BCUT2D eigenvalue weighted by atomic mass is 35.5. The summed E-state index contributed by atoms with van der Waals surface area (Å²) in [5.41, 5.74) is 7.84. The first kappa shape index (κ1) is 13.3. The summed E-state index contributed by atoms with van der Waals surface area (Å²) >= 11 is 6.03. The molecule has 1 aliphatic heterocycles. The Hall–Kier alpha value is -1.65. The highest BCUT2D eigenvalue weighted by Crippen LogP contribution is 2.23. The zero-order valence-electron chi connectivity index (χ0n) is 11.2. The van der Waals surface area contributed by atoms with Gasteiger partial charge >= 0.3 is 0 Å². The van der Waals surface area contributed by atoms with Gasteiger partial charge in [0.25, 0.3) is 0 Å². The lowest BCUT2D eigenvalue weighted by atomic mass is 10.1. The Kier molecular flexibility index (Phi) is 3.85. The van der Waals surface area contributed by atoms with Gasteiger partial charge in [-0.05, 0) is 31.0 Å². The second kappa shape index (κ2) is 5.77. The summed E-state index contributed by atoms with van der Waals surface area (Å²) in [4.78, 5) is 11.2. The average molecular weight is 289 g/mol. The normalized spacial score (nSPS) is 16.4. The molecule has 0 saturated carbocycles. The zero-order valence-corrected chi connectivity index (χ0v) is 11.9. The Morgan fingerprint density at radius 3 is 2.75 bits per heavy atom. The van der Waals surface area contributed by atoms with Gasteiger partial charge in [0.1, 0.15) is 0 Å². The van der Waals surface area contributed by atoms with Gasteiger partial charge in [-0.25, -0.2) is 9.97 Å². The van der Waals surface area contributed by atoms with Gasteiger partial charge in [-0.2, -0.15) is 0 Å². The number of anilines is 1. The average Bonchev–Trinajstić information content (AvgIpc) is 2.48. The zero-order chi connectivity index (χ0) is 13.9. The van der Waals surface area contributed by atoms with Crippen LogP contribution in [0.15, 0.2) is 36.5 Å². The molecule has 104 valence electrons. The van der Waals surface area contributed by atoms with E-state index in [1.807, 2.05) is 30.3 Å². The van der Waals surface area contributed by atoms with Crippen molar-refractivity contribution in [3.05, 3.63) is 41.6 Å². The number of nitrogens with two attached hydrogens (primary N) is 1. The Morgan fingerprint density at radius 2 is 2.00 bits per heavy atom. The van der Waals surface area contributed by atoms with E-state index in [0.29, 0.717) is 11.1 Å². The van der Waals surface area contributed by atoms with Gasteiger partial charge in [0.05, 0.1) is 5.69 Å². The van der Waals surface area contributed by atoms with Crippen LogP contribution in [-0.2, 0) is 0 Å². The van der Waals surface area contributed by atoms with Crippen LogP contribution >= 0.6 is 11.6 Å². The summed E-state index contributed by atoms with van der Waals surface area (Å²) in [6.07, 6.45) is 3.78. The van der Waals surface area contributed by atoms with Crippen LogP contribution in [0.5, 0.6) is 0 Å². The van der Waals surface area contributed by atoms with E-state index in [4.69, 9.17) is 17.3 Å². The van der Waals surface area contributed by atoms with E-state index < -0.39 is 0 Å². The molecule has 0 unspecified atom stereocenters. The molecule has 1 aliphatic rings. The molecule has 1 fully saturated rings. The molecule has 1 aromatic carbocycles. The molecule has 0 bridgehead atoms. The SMILES string of the molecule is NC1CCN(c2nccc(-c3cccc(Cl)c3)n2)CC1. The van der Waals surface area contributed by atoms with Crippen molar-refractivity contribution in [1.29, 1.82) is 0 Å². The van der Waals surface area contributed by atoms with Gasteiger partial charge in [0.2, 0.25) is 5.95 Å². The molecule has 2 heterocycles. The van der Waals surface area contributed by atoms with E-state index in [9.17, 15) is 0 Å². The molecule has 0 atom stereocenters. The molecule has 1 aromatic heterocycles. The molecule has 0 amide bonds. The van der Waals surface area contributed by atoms with Crippen LogP contribution in [0, 0.1) is 0 Å². The molecule has 0 aliphatic carbocycles. The molecule has 0 radical (unpaired) electrons. The first-order valence-corrected chi connectivity index (χ1v) is 7.20. The number of piperidine rings is 1. The minimum Gasteiger partial charge on any atom is -0.341 e. The van der Waals surface area contributed by atoms with E-state index in [0.717, 1.165) is 43.1 Å². The van der Waals surface area contributed by atoms with Crippen LogP contribution in [-0.4, -0.2) is 29.1 Å². The lowest BCUT2D eigenvalue weighted by Gasteiger charge is -2.30. The van der Waals surface area contributed by atoms with Gasteiger partial charge in [-0.15, -0.1) is 0 Å². The molecule has 2 aromatic rings. The van der Waals surface area contributed by atoms with Crippen molar-refractivity contribution in [1.82, 2.24) is 9.97 Å². The van der Waals surface area contributed by atoms with Gasteiger partial charge < -0.3 is 10.6 Å². The van der Waals surface area contributed by atoms with Gasteiger partial charge in [-0.1, -0.05) is 23.7 Å². The van der Waals surface area contributed by atoms with E-state index >= 15 is 0 Å². The van der Waals surface area contributed by atoms with Crippen LogP contribution in [0.2, 0.25) is 5.02 Å². The summed E-state index contributed by atoms with van der Waals surface area (Å²) in [5.74, 6) is 0.773. The first-order valence-electron chi connectivity index (χ1n) is 6.82. The molecule has 1 saturated heterocycles. The summed E-state index contributed by atoms with van der Waals surface area (Å²) in [6, 6.07) is 9.93. The topological polar surface area (TPSA) is 55.0 Å². The van der Waals surface area contributed by atoms with Crippen LogP contribution < -0.4 is 10.6 Å². The van der Waals surface area contributed by atoms with Crippen LogP contribution in [0.25, 0.3) is 11.3 Å². The fourth-order valence-electron chi connectivity index (χ4n) is 2.41. The molecule has 20 heavy (non-hydrogen) atoms. The second-order valence-corrected chi connectivity index (χ2v) is 5.51. The van der Waals surface area contributed by atoms with Crippen LogP contribution in [0.4, 0.5) is 5.95 Å². The fraction of sp³-hybridized carbons (Fsp3) is 0.333. The van der Waals surface area contributed by atoms with Crippen LogP contribution in [0.1, 0.15) is 12.8 Å². The Balaban J connectivity index is 1.86. The van der Waals surface area contributed by atoms with Crippen molar-refractivity contribution in [3.8, 4) is 11.3 Å². The number of halogens is 1. The van der Waals surface area contributed by atoms with Gasteiger partial charge in [0, 0.05) is 35.9 Å². The van der Waals surface area contributed by atoms with Crippen molar-refractivity contribution < 1.29 is 0 Å². The minimum atomic E-state index is 0.308. The van der Waals surface area contributed by atoms with Crippen molar-refractivity contribution in [3.63, 3.8) is 0 Å². The summed E-state index contributed by atoms with van der Waals surface area (Å²) in [6.45, 7) is 1.83. The fourth-order valence-corrected chi connectivity index (χ4v) is 2.60. The number of hydrogen-bond acceptors (Lipinski definition) is 4. The highest BCUT2D eigenvalue weighted by molar-refractivity contribution is 6.30. The molecule has 4 nitrogen and oxygen atoms in total. The van der Waals surface area contributed by atoms with E-state index in [-0.39, 0.29) is 0 Å². The summed E-state index contributed by atoms with van der Waals surface area (Å²) < 4.78 is 0. The van der Waals surface area contributed by atoms with Crippen molar-refractivity contribution in [2.75, 3.05) is 18.0 Å². The third-order valence-corrected chi connectivity index (χ3v) is 3.82. The minimum absolute atomic E-state index is 0.308. The highest BCUT2D eigenvalue weighted by Gasteiger charge is 2.18. The predicted molar refractivity (Wildman–Crippen MR) is 81.9 cm³/mol. The molecular weight excluding hydrogens is 272 g/mol. The molecule has 5 heteroatoms. The number of hydrogen-bond donors (Lipinski definition) is 1. The second-order valence-electron chi connectivity index (χ2n) is 5.08. The quantitative estimate of drug-likeness (QED) is 0.923. The number of nitrogens with zero attached hydrogens (tertiary/aromatic N) is 3. The molecule has 3 rings (SSSR count). The smallest absolute Gasteiger partial charge is 0.225 e. The maximum absolute atomic E-state index is 6.03. The van der Waals surface area contributed by atoms with Crippen molar-refractivity contribution in [2.45, 2.75) is 18.9 Å². The Bertz CT molecular complexity index is 594. The lowest BCUT2D eigenvalue weighted by molar-refractivity contribution is 0.495.